The van der Waals surface area contributed by atoms with Gasteiger partial charge in [0, 0.05) is 19.1 Å². The normalized spacial score (nSPS) is 12.7. The second-order valence-corrected chi connectivity index (χ2v) is 5.66. The average molecular weight is 286 g/mol. The summed E-state index contributed by atoms with van der Waals surface area (Å²) in [5, 5.41) is 0. The van der Waals surface area contributed by atoms with Crippen LogP contribution in [0.5, 0.6) is 0 Å². The first-order valence-corrected chi connectivity index (χ1v) is 7.23. The van der Waals surface area contributed by atoms with Gasteiger partial charge in [-0.3, -0.25) is 4.90 Å². The van der Waals surface area contributed by atoms with Gasteiger partial charge in [0.1, 0.15) is 5.82 Å². The molecule has 0 heterocycles. The summed E-state index contributed by atoms with van der Waals surface area (Å²) in [7, 11) is 2.03. The molecule has 3 heteroatoms. The summed E-state index contributed by atoms with van der Waals surface area (Å²) >= 11 is 0. The van der Waals surface area contributed by atoms with Gasteiger partial charge in [-0.25, -0.2) is 4.39 Å². The van der Waals surface area contributed by atoms with E-state index in [9.17, 15) is 4.39 Å². The highest BCUT2D eigenvalue weighted by atomic mass is 19.1. The Labute approximate surface area is 126 Å². The van der Waals surface area contributed by atoms with Crippen molar-refractivity contribution in [2.45, 2.75) is 26.4 Å². The smallest absolute Gasteiger partial charge is 0.123 e. The first kappa shape index (κ1) is 15.7. The molecule has 2 aromatic rings. The molecule has 2 aromatic carbocycles. The van der Waals surface area contributed by atoms with Crippen LogP contribution in [0, 0.1) is 19.7 Å². The fourth-order valence-corrected chi connectivity index (χ4v) is 2.70. The van der Waals surface area contributed by atoms with Gasteiger partial charge < -0.3 is 5.73 Å². The predicted molar refractivity (Wildman–Crippen MR) is 85.6 cm³/mol. The summed E-state index contributed by atoms with van der Waals surface area (Å²) in [6.07, 6.45) is 0. The Morgan fingerprint density at radius 3 is 2.57 bits per heavy atom. The van der Waals surface area contributed by atoms with E-state index in [4.69, 9.17) is 5.73 Å². The predicted octanol–water partition coefficient (Wildman–Crippen LogP) is 3.57. The number of hydrogen-bond donors (Lipinski definition) is 1. The van der Waals surface area contributed by atoms with Crippen molar-refractivity contribution in [3.63, 3.8) is 0 Å². The molecule has 0 aliphatic heterocycles. The standard InChI is InChI=1S/C18H23FN2/c1-13-7-8-14(2)17(9-13)18(11-20)21(3)12-15-5-4-6-16(19)10-15/h4-10,18H,11-12,20H2,1-3H3. The average Bonchev–Trinajstić information content (AvgIpc) is 2.43. The molecule has 2 N–H and O–H groups in total. The fraction of sp³-hybridized carbons (Fsp3) is 0.333. The highest BCUT2D eigenvalue weighted by Gasteiger charge is 2.17. The minimum Gasteiger partial charge on any atom is -0.329 e. The lowest BCUT2D eigenvalue weighted by molar-refractivity contribution is 0.241. The van der Waals surface area contributed by atoms with E-state index in [1.165, 1.54) is 22.8 Å². The van der Waals surface area contributed by atoms with Gasteiger partial charge in [-0.2, -0.15) is 0 Å². The van der Waals surface area contributed by atoms with Gasteiger partial charge in [-0.05, 0) is 49.7 Å². The van der Waals surface area contributed by atoms with Gasteiger partial charge in [0.05, 0.1) is 0 Å². The summed E-state index contributed by atoms with van der Waals surface area (Å²) in [4.78, 5) is 2.18. The summed E-state index contributed by atoms with van der Waals surface area (Å²) in [5.74, 6) is -0.197. The minimum absolute atomic E-state index is 0.133. The van der Waals surface area contributed by atoms with E-state index in [-0.39, 0.29) is 11.9 Å². The largest absolute Gasteiger partial charge is 0.329 e. The monoisotopic (exact) mass is 286 g/mol. The Morgan fingerprint density at radius 2 is 1.90 bits per heavy atom. The van der Waals surface area contributed by atoms with Crippen LogP contribution in [0.3, 0.4) is 0 Å². The molecule has 0 amide bonds. The van der Waals surface area contributed by atoms with E-state index in [1.54, 1.807) is 12.1 Å². The van der Waals surface area contributed by atoms with E-state index in [0.29, 0.717) is 13.1 Å². The first-order chi connectivity index (χ1) is 10.0. The van der Waals surface area contributed by atoms with E-state index in [0.717, 1.165) is 5.56 Å². The molecule has 2 rings (SSSR count). The van der Waals surface area contributed by atoms with Crippen LogP contribution in [-0.4, -0.2) is 18.5 Å². The molecule has 0 fully saturated rings. The molecule has 2 nitrogen and oxygen atoms in total. The highest BCUT2D eigenvalue weighted by molar-refractivity contribution is 5.33. The first-order valence-electron chi connectivity index (χ1n) is 7.23. The Hall–Kier alpha value is -1.71. The van der Waals surface area contributed by atoms with Crippen LogP contribution in [0.4, 0.5) is 4.39 Å². The van der Waals surface area contributed by atoms with Gasteiger partial charge >= 0.3 is 0 Å². The zero-order chi connectivity index (χ0) is 15.4. The molecular weight excluding hydrogens is 263 g/mol. The molecule has 1 unspecified atom stereocenters. The highest BCUT2D eigenvalue weighted by Crippen LogP contribution is 2.24. The Morgan fingerprint density at radius 1 is 1.14 bits per heavy atom. The van der Waals surface area contributed by atoms with Gasteiger partial charge in [0.25, 0.3) is 0 Å². The van der Waals surface area contributed by atoms with Crippen LogP contribution in [0.25, 0.3) is 0 Å². The maximum absolute atomic E-state index is 13.3. The molecular formula is C18H23FN2. The maximum atomic E-state index is 13.3. The van der Waals surface area contributed by atoms with Crippen molar-refractivity contribution < 1.29 is 4.39 Å². The van der Waals surface area contributed by atoms with E-state index in [1.807, 2.05) is 13.1 Å². The third-order valence-electron chi connectivity index (χ3n) is 3.87. The van der Waals surface area contributed by atoms with Gasteiger partial charge in [-0.1, -0.05) is 35.9 Å². The zero-order valence-corrected chi connectivity index (χ0v) is 12.9. The van der Waals surface area contributed by atoms with Crippen LogP contribution < -0.4 is 5.73 Å². The van der Waals surface area contributed by atoms with Crippen molar-refractivity contribution in [3.05, 3.63) is 70.5 Å². The molecule has 0 spiro atoms. The molecule has 0 bridgehead atoms. The molecule has 1 atom stereocenters. The molecule has 0 saturated carbocycles. The zero-order valence-electron chi connectivity index (χ0n) is 12.9. The number of rotatable bonds is 5. The third-order valence-corrected chi connectivity index (χ3v) is 3.87. The van der Waals surface area contributed by atoms with Gasteiger partial charge in [-0.15, -0.1) is 0 Å². The third kappa shape index (κ3) is 3.90. The second kappa shape index (κ2) is 6.83. The van der Waals surface area contributed by atoms with E-state index >= 15 is 0 Å². The minimum atomic E-state index is -0.197. The van der Waals surface area contributed by atoms with Crippen LogP contribution in [-0.2, 0) is 6.54 Å². The maximum Gasteiger partial charge on any atom is 0.123 e. The van der Waals surface area contributed by atoms with Crippen LogP contribution in [0.2, 0.25) is 0 Å². The Kier molecular flexibility index (Phi) is 5.10. The lowest BCUT2D eigenvalue weighted by Gasteiger charge is -2.29. The topological polar surface area (TPSA) is 29.3 Å². The Balaban J connectivity index is 2.22. The SMILES string of the molecule is Cc1ccc(C)c(C(CN)N(C)Cc2cccc(F)c2)c1. The number of hydrogen-bond acceptors (Lipinski definition) is 2. The lowest BCUT2D eigenvalue weighted by atomic mass is 9.97. The van der Waals surface area contributed by atoms with Crippen molar-refractivity contribution in [1.82, 2.24) is 4.90 Å². The molecule has 0 aromatic heterocycles. The quantitative estimate of drug-likeness (QED) is 0.910. The summed E-state index contributed by atoms with van der Waals surface area (Å²) in [6.45, 7) is 5.40. The second-order valence-electron chi connectivity index (χ2n) is 5.66. The van der Waals surface area contributed by atoms with Crippen molar-refractivity contribution in [2.24, 2.45) is 5.73 Å². The molecule has 0 saturated heterocycles. The Bertz CT molecular complexity index is 610. The summed E-state index contributed by atoms with van der Waals surface area (Å²) in [6, 6.07) is 13.3. The van der Waals surface area contributed by atoms with Crippen LogP contribution >= 0.6 is 0 Å². The number of likely N-dealkylation sites (N-methyl/N-ethyl adjacent to an activating group) is 1. The number of nitrogens with two attached hydrogens (primary N) is 1. The molecule has 0 radical (unpaired) electrons. The number of benzene rings is 2. The number of halogens is 1. The van der Waals surface area contributed by atoms with E-state index < -0.39 is 0 Å². The number of aryl methyl sites for hydroxylation is 2. The molecule has 0 aliphatic rings. The van der Waals surface area contributed by atoms with Gasteiger partial charge in [0.15, 0.2) is 0 Å². The summed E-state index contributed by atoms with van der Waals surface area (Å²) < 4.78 is 13.3. The van der Waals surface area contributed by atoms with Crippen molar-refractivity contribution in [2.75, 3.05) is 13.6 Å². The molecule has 21 heavy (non-hydrogen) atoms. The molecule has 112 valence electrons. The number of nitrogens with zero attached hydrogens (tertiary/aromatic N) is 1. The van der Waals surface area contributed by atoms with Crippen molar-refractivity contribution in [1.29, 1.82) is 0 Å². The summed E-state index contributed by atoms with van der Waals surface area (Å²) in [5.41, 5.74) is 10.7. The van der Waals surface area contributed by atoms with Crippen molar-refractivity contribution >= 4 is 0 Å². The van der Waals surface area contributed by atoms with Crippen LogP contribution in [0.15, 0.2) is 42.5 Å². The van der Waals surface area contributed by atoms with Crippen LogP contribution in [0.1, 0.15) is 28.3 Å². The fourth-order valence-electron chi connectivity index (χ4n) is 2.70. The van der Waals surface area contributed by atoms with Crippen molar-refractivity contribution in [3.8, 4) is 0 Å². The lowest BCUT2D eigenvalue weighted by Crippen LogP contribution is -2.30. The van der Waals surface area contributed by atoms with E-state index in [2.05, 4.69) is 36.9 Å². The van der Waals surface area contributed by atoms with Gasteiger partial charge in [0.2, 0.25) is 0 Å². The molecule has 0 aliphatic carbocycles.